The Morgan fingerprint density at radius 2 is 1.86 bits per heavy atom. The van der Waals surface area contributed by atoms with Gasteiger partial charge in [0.1, 0.15) is 17.5 Å². The highest BCUT2D eigenvalue weighted by atomic mass is 35.5. The van der Waals surface area contributed by atoms with Crippen LogP contribution in [0.2, 0.25) is 5.15 Å². The summed E-state index contributed by atoms with van der Waals surface area (Å²) in [7, 11) is 0. The molecule has 0 aromatic carbocycles. The first kappa shape index (κ1) is 20.6. The minimum atomic E-state index is -0.904. The van der Waals surface area contributed by atoms with Gasteiger partial charge in [-0.3, -0.25) is 10.2 Å². The molecule has 0 unspecified atom stereocenters. The normalized spacial score (nSPS) is 18.6. The standard InChI is InChI=1S/C18H25ClFN5O3/c1-18(2,3)28-17(27)24-8-6-23(7-9-24)14-5-4-13(21-15(14)19)16(26)22-25-10-12(20)11-25/h4-5,12H,6-11H2,1-3H3,(H,22,26). The summed E-state index contributed by atoms with van der Waals surface area (Å²) in [5.74, 6) is -0.421. The number of piperazine rings is 1. The Labute approximate surface area is 168 Å². The number of hydrogen-bond donors (Lipinski definition) is 1. The number of aromatic nitrogens is 1. The van der Waals surface area contributed by atoms with E-state index >= 15 is 0 Å². The van der Waals surface area contributed by atoms with Crippen LogP contribution < -0.4 is 10.3 Å². The topological polar surface area (TPSA) is 78.0 Å². The van der Waals surface area contributed by atoms with Gasteiger partial charge in [-0.25, -0.2) is 19.2 Å². The van der Waals surface area contributed by atoms with Crippen molar-refractivity contribution < 1.29 is 18.7 Å². The summed E-state index contributed by atoms with van der Waals surface area (Å²) in [4.78, 5) is 32.2. The Bertz CT molecular complexity index is 743. The lowest BCUT2D eigenvalue weighted by Gasteiger charge is -2.37. The Morgan fingerprint density at radius 1 is 1.21 bits per heavy atom. The molecule has 3 rings (SSSR count). The van der Waals surface area contributed by atoms with E-state index in [0.29, 0.717) is 31.9 Å². The van der Waals surface area contributed by atoms with E-state index in [-0.39, 0.29) is 30.0 Å². The average molecular weight is 414 g/mol. The number of hydrogen-bond acceptors (Lipinski definition) is 6. The molecule has 154 valence electrons. The molecule has 8 nitrogen and oxygen atoms in total. The summed E-state index contributed by atoms with van der Waals surface area (Å²) in [6.07, 6.45) is -1.23. The Balaban J connectivity index is 1.56. The number of alkyl halides is 1. The molecule has 2 saturated heterocycles. The molecular formula is C18H25ClFN5O3. The lowest BCUT2D eigenvalue weighted by molar-refractivity contribution is 0.0189. The number of amides is 2. The molecular weight excluding hydrogens is 389 g/mol. The van der Waals surface area contributed by atoms with Crippen molar-refractivity contribution in [1.82, 2.24) is 20.3 Å². The van der Waals surface area contributed by atoms with Crippen LogP contribution in [0.25, 0.3) is 0 Å². The fourth-order valence-corrected chi connectivity index (χ4v) is 3.24. The van der Waals surface area contributed by atoms with Gasteiger partial charge in [-0.05, 0) is 32.9 Å². The molecule has 1 N–H and O–H groups in total. The van der Waals surface area contributed by atoms with E-state index in [1.54, 1.807) is 17.0 Å². The van der Waals surface area contributed by atoms with Crippen LogP contribution in [0.1, 0.15) is 31.3 Å². The number of nitrogens with one attached hydrogen (secondary N) is 1. The number of nitrogens with zero attached hydrogens (tertiary/aromatic N) is 4. The van der Waals surface area contributed by atoms with E-state index in [9.17, 15) is 14.0 Å². The molecule has 0 radical (unpaired) electrons. The summed E-state index contributed by atoms with van der Waals surface area (Å²) < 4.78 is 18.2. The highest BCUT2D eigenvalue weighted by Gasteiger charge is 2.29. The van der Waals surface area contributed by atoms with Crippen molar-refractivity contribution in [2.45, 2.75) is 32.5 Å². The van der Waals surface area contributed by atoms with Crippen molar-refractivity contribution in [3.8, 4) is 0 Å². The lowest BCUT2D eigenvalue weighted by atomic mass is 10.2. The minimum Gasteiger partial charge on any atom is -0.444 e. The average Bonchev–Trinajstić information content (AvgIpc) is 2.59. The van der Waals surface area contributed by atoms with Crippen LogP contribution in [0.3, 0.4) is 0 Å². The number of carbonyl (C=O) groups is 2. The molecule has 0 saturated carbocycles. The molecule has 2 aliphatic rings. The van der Waals surface area contributed by atoms with E-state index in [4.69, 9.17) is 16.3 Å². The molecule has 1 aromatic heterocycles. The second kappa shape index (κ2) is 8.08. The number of pyridine rings is 1. The molecule has 2 aliphatic heterocycles. The first-order valence-corrected chi connectivity index (χ1v) is 9.59. The predicted octanol–water partition coefficient (Wildman–Crippen LogP) is 2.09. The van der Waals surface area contributed by atoms with Crippen molar-refractivity contribution in [1.29, 1.82) is 0 Å². The van der Waals surface area contributed by atoms with Gasteiger partial charge in [-0.2, -0.15) is 0 Å². The smallest absolute Gasteiger partial charge is 0.410 e. The first-order valence-electron chi connectivity index (χ1n) is 9.22. The third kappa shape index (κ3) is 5.02. The number of anilines is 1. The number of hydrazine groups is 1. The molecule has 1 aromatic rings. The maximum Gasteiger partial charge on any atom is 0.410 e. The second-order valence-electron chi connectivity index (χ2n) is 7.90. The monoisotopic (exact) mass is 413 g/mol. The van der Waals surface area contributed by atoms with Gasteiger partial charge < -0.3 is 14.5 Å². The van der Waals surface area contributed by atoms with Gasteiger partial charge in [0.25, 0.3) is 5.91 Å². The Kier molecular flexibility index (Phi) is 5.95. The van der Waals surface area contributed by atoms with Gasteiger partial charge in [0.2, 0.25) is 0 Å². The molecule has 3 heterocycles. The van der Waals surface area contributed by atoms with Crippen LogP contribution in [0.5, 0.6) is 0 Å². The van der Waals surface area contributed by atoms with Crippen LogP contribution in [-0.4, -0.2) is 77.9 Å². The van der Waals surface area contributed by atoms with Crippen molar-refractivity contribution >= 4 is 29.3 Å². The quantitative estimate of drug-likeness (QED) is 0.764. The largest absolute Gasteiger partial charge is 0.444 e. The highest BCUT2D eigenvalue weighted by Crippen LogP contribution is 2.26. The SMILES string of the molecule is CC(C)(C)OC(=O)N1CCN(c2ccc(C(=O)NN3CC(F)C3)nc2Cl)CC1. The van der Waals surface area contributed by atoms with Gasteiger partial charge in [-0.15, -0.1) is 0 Å². The van der Waals surface area contributed by atoms with Gasteiger partial charge in [0, 0.05) is 26.2 Å². The Hall–Kier alpha value is -2.13. The number of carbonyl (C=O) groups excluding carboxylic acids is 2. The third-order valence-corrected chi connectivity index (χ3v) is 4.71. The van der Waals surface area contributed by atoms with Crippen LogP contribution in [-0.2, 0) is 4.74 Å². The minimum absolute atomic E-state index is 0.170. The molecule has 2 amide bonds. The number of halogens is 2. The molecule has 0 atom stereocenters. The predicted molar refractivity (Wildman–Crippen MR) is 103 cm³/mol. The zero-order valence-electron chi connectivity index (χ0n) is 16.2. The summed E-state index contributed by atoms with van der Waals surface area (Å²) in [6, 6.07) is 3.32. The third-order valence-electron chi connectivity index (χ3n) is 4.43. The van der Waals surface area contributed by atoms with Gasteiger partial charge >= 0.3 is 6.09 Å². The number of rotatable bonds is 3. The lowest BCUT2D eigenvalue weighted by Crippen LogP contribution is -2.57. The summed E-state index contributed by atoms with van der Waals surface area (Å²) in [5.41, 5.74) is 2.93. The maximum atomic E-state index is 12.8. The summed E-state index contributed by atoms with van der Waals surface area (Å²) in [5, 5.41) is 1.71. The van der Waals surface area contributed by atoms with E-state index in [1.807, 2.05) is 25.7 Å². The zero-order chi connectivity index (χ0) is 20.5. The molecule has 0 bridgehead atoms. The molecule has 0 aliphatic carbocycles. The van der Waals surface area contributed by atoms with Crippen molar-refractivity contribution in [3.63, 3.8) is 0 Å². The first-order chi connectivity index (χ1) is 13.1. The number of ether oxygens (including phenoxy) is 1. The van der Waals surface area contributed by atoms with Crippen molar-refractivity contribution in [2.24, 2.45) is 0 Å². The summed E-state index contributed by atoms with van der Waals surface area (Å²) in [6.45, 7) is 8.04. The molecule has 10 heteroatoms. The van der Waals surface area contributed by atoms with Crippen molar-refractivity contribution in [2.75, 3.05) is 44.2 Å². The van der Waals surface area contributed by atoms with E-state index in [2.05, 4.69) is 10.4 Å². The summed E-state index contributed by atoms with van der Waals surface area (Å²) >= 11 is 6.29. The second-order valence-corrected chi connectivity index (χ2v) is 8.26. The van der Waals surface area contributed by atoms with Crippen LogP contribution >= 0.6 is 11.6 Å². The highest BCUT2D eigenvalue weighted by molar-refractivity contribution is 6.32. The van der Waals surface area contributed by atoms with Crippen molar-refractivity contribution in [3.05, 3.63) is 23.0 Å². The fourth-order valence-electron chi connectivity index (χ4n) is 2.96. The van der Waals surface area contributed by atoms with Crippen LogP contribution in [0.4, 0.5) is 14.9 Å². The molecule has 28 heavy (non-hydrogen) atoms. The van der Waals surface area contributed by atoms with Crippen LogP contribution in [0, 0.1) is 0 Å². The van der Waals surface area contributed by atoms with E-state index in [1.165, 1.54) is 5.01 Å². The maximum absolute atomic E-state index is 12.8. The molecule has 2 fully saturated rings. The van der Waals surface area contributed by atoms with Gasteiger partial charge in [-0.1, -0.05) is 11.6 Å². The zero-order valence-corrected chi connectivity index (χ0v) is 17.0. The van der Waals surface area contributed by atoms with Gasteiger partial charge in [0.15, 0.2) is 5.15 Å². The van der Waals surface area contributed by atoms with Gasteiger partial charge in [0.05, 0.1) is 18.8 Å². The Morgan fingerprint density at radius 3 is 2.39 bits per heavy atom. The van der Waals surface area contributed by atoms with E-state index < -0.39 is 17.7 Å². The fraction of sp³-hybridized carbons (Fsp3) is 0.611. The van der Waals surface area contributed by atoms with E-state index in [0.717, 1.165) is 0 Å². The molecule has 0 spiro atoms. The van der Waals surface area contributed by atoms with Crippen LogP contribution in [0.15, 0.2) is 12.1 Å².